The zero-order valence-corrected chi connectivity index (χ0v) is 10.6. The van der Waals surface area contributed by atoms with E-state index in [1.165, 1.54) is 0 Å². The van der Waals surface area contributed by atoms with E-state index in [1.807, 2.05) is 30.5 Å². The molecule has 2 N–H and O–H groups in total. The standard InChI is InChI=1S/C15H11N5/c16-15-18-14-6-4-12(9-20(14)19-15)10-3-5-13-11(8-10)2-1-7-17-13/h1-9H,(H2,16,19). The van der Waals surface area contributed by atoms with Crippen LogP contribution in [0.2, 0.25) is 0 Å². The lowest BCUT2D eigenvalue weighted by molar-refractivity contribution is 0.970. The first-order valence-electron chi connectivity index (χ1n) is 6.27. The Balaban J connectivity index is 1.90. The van der Waals surface area contributed by atoms with Crippen LogP contribution >= 0.6 is 0 Å². The second-order valence-electron chi connectivity index (χ2n) is 4.60. The fourth-order valence-electron chi connectivity index (χ4n) is 2.33. The predicted molar refractivity (Wildman–Crippen MR) is 78.1 cm³/mol. The van der Waals surface area contributed by atoms with Gasteiger partial charge in [-0.1, -0.05) is 12.1 Å². The van der Waals surface area contributed by atoms with Gasteiger partial charge in [-0.3, -0.25) is 4.98 Å². The van der Waals surface area contributed by atoms with Crippen molar-refractivity contribution in [2.24, 2.45) is 0 Å². The number of benzene rings is 1. The largest absolute Gasteiger partial charge is 0.366 e. The van der Waals surface area contributed by atoms with Gasteiger partial charge in [0.15, 0.2) is 5.65 Å². The van der Waals surface area contributed by atoms with Crippen molar-refractivity contribution in [1.82, 2.24) is 19.6 Å². The van der Waals surface area contributed by atoms with Gasteiger partial charge < -0.3 is 5.73 Å². The molecule has 0 aliphatic carbocycles. The van der Waals surface area contributed by atoms with Crippen molar-refractivity contribution in [3.63, 3.8) is 0 Å². The number of nitrogen functional groups attached to an aromatic ring is 1. The minimum absolute atomic E-state index is 0.282. The van der Waals surface area contributed by atoms with Gasteiger partial charge in [-0.15, -0.1) is 5.10 Å². The van der Waals surface area contributed by atoms with E-state index in [0.717, 1.165) is 27.7 Å². The van der Waals surface area contributed by atoms with Crippen molar-refractivity contribution in [2.75, 3.05) is 5.73 Å². The van der Waals surface area contributed by atoms with Crippen molar-refractivity contribution in [3.05, 3.63) is 54.9 Å². The quantitative estimate of drug-likeness (QED) is 0.571. The SMILES string of the molecule is Nc1nc2ccc(-c3ccc4ncccc4c3)cn2n1. The molecule has 0 saturated heterocycles. The summed E-state index contributed by atoms with van der Waals surface area (Å²) in [6.45, 7) is 0. The smallest absolute Gasteiger partial charge is 0.240 e. The Labute approximate surface area is 114 Å². The van der Waals surface area contributed by atoms with E-state index in [1.54, 1.807) is 10.7 Å². The first-order valence-corrected chi connectivity index (χ1v) is 6.27. The number of nitrogens with zero attached hydrogens (tertiary/aromatic N) is 4. The first kappa shape index (κ1) is 10.9. The summed E-state index contributed by atoms with van der Waals surface area (Å²) in [6, 6.07) is 14.1. The van der Waals surface area contributed by atoms with Crippen LogP contribution < -0.4 is 5.73 Å². The third-order valence-electron chi connectivity index (χ3n) is 3.28. The van der Waals surface area contributed by atoms with Crippen molar-refractivity contribution >= 4 is 22.5 Å². The van der Waals surface area contributed by atoms with E-state index in [2.05, 4.69) is 33.3 Å². The molecule has 4 aromatic rings. The zero-order chi connectivity index (χ0) is 13.5. The van der Waals surface area contributed by atoms with Gasteiger partial charge in [0.1, 0.15) is 0 Å². The number of fused-ring (bicyclic) bond motifs is 2. The van der Waals surface area contributed by atoms with Crippen LogP contribution in [0.4, 0.5) is 5.95 Å². The van der Waals surface area contributed by atoms with Gasteiger partial charge in [-0.2, -0.15) is 4.98 Å². The molecule has 3 aromatic heterocycles. The van der Waals surface area contributed by atoms with Crippen molar-refractivity contribution in [1.29, 1.82) is 0 Å². The molecule has 0 aliphatic heterocycles. The number of anilines is 1. The summed E-state index contributed by atoms with van der Waals surface area (Å²) in [5, 5.41) is 5.25. The lowest BCUT2D eigenvalue weighted by Crippen LogP contribution is -1.90. The van der Waals surface area contributed by atoms with E-state index in [-0.39, 0.29) is 5.95 Å². The Hall–Kier alpha value is -2.95. The molecule has 5 nitrogen and oxygen atoms in total. The lowest BCUT2D eigenvalue weighted by Gasteiger charge is -2.04. The van der Waals surface area contributed by atoms with Crippen LogP contribution in [0.3, 0.4) is 0 Å². The highest BCUT2D eigenvalue weighted by molar-refractivity contribution is 5.84. The molecule has 0 bridgehead atoms. The number of pyridine rings is 2. The van der Waals surface area contributed by atoms with Crippen LogP contribution in [0.25, 0.3) is 27.7 Å². The fourth-order valence-corrected chi connectivity index (χ4v) is 2.33. The molecular weight excluding hydrogens is 250 g/mol. The van der Waals surface area contributed by atoms with Crippen LogP contribution in [0.5, 0.6) is 0 Å². The van der Waals surface area contributed by atoms with E-state index < -0.39 is 0 Å². The normalized spacial score (nSPS) is 11.2. The molecule has 0 saturated carbocycles. The Morgan fingerprint density at radius 2 is 1.90 bits per heavy atom. The van der Waals surface area contributed by atoms with Crippen LogP contribution in [0.15, 0.2) is 54.9 Å². The maximum Gasteiger partial charge on any atom is 0.240 e. The third-order valence-corrected chi connectivity index (χ3v) is 3.28. The second kappa shape index (κ2) is 4.03. The molecule has 0 unspecified atom stereocenters. The van der Waals surface area contributed by atoms with Crippen LogP contribution in [-0.2, 0) is 0 Å². The highest BCUT2D eigenvalue weighted by Gasteiger charge is 2.04. The summed E-state index contributed by atoms with van der Waals surface area (Å²) in [4.78, 5) is 8.44. The molecule has 0 aliphatic rings. The molecular formula is C15H11N5. The van der Waals surface area contributed by atoms with Crippen molar-refractivity contribution in [3.8, 4) is 11.1 Å². The molecule has 0 amide bonds. The van der Waals surface area contributed by atoms with Gasteiger partial charge in [-0.25, -0.2) is 4.52 Å². The summed E-state index contributed by atoms with van der Waals surface area (Å²) in [6.07, 6.45) is 3.72. The monoisotopic (exact) mass is 261 g/mol. The number of hydrogen-bond acceptors (Lipinski definition) is 4. The number of aromatic nitrogens is 4. The topological polar surface area (TPSA) is 69.1 Å². The highest BCUT2D eigenvalue weighted by atomic mass is 15.3. The maximum atomic E-state index is 5.60. The molecule has 96 valence electrons. The molecule has 0 atom stereocenters. The van der Waals surface area contributed by atoms with Gasteiger partial charge in [0.05, 0.1) is 5.52 Å². The summed E-state index contributed by atoms with van der Waals surface area (Å²) in [5.74, 6) is 0.282. The molecule has 5 heteroatoms. The van der Waals surface area contributed by atoms with Gasteiger partial charge in [0.25, 0.3) is 0 Å². The Bertz CT molecular complexity index is 926. The van der Waals surface area contributed by atoms with E-state index >= 15 is 0 Å². The molecule has 1 aromatic carbocycles. The van der Waals surface area contributed by atoms with E-state index in [0.29, 0.717) is 0 Å². The van der Waals surface area contributed by atoms with Crippen molar-refractivity contribution < 1.29 is 0 Å². The summed E-state index contributed by atoms with van der Waals surface area (Å²) < 4.78 is 1.69. The highest BCUT2D eigenvalue weighted by Crippen LogP contribution is 2.23. The number of hydrogen-bond donors (Lipinski definition) is 1. The van der Waals surface area contributed by atoms with Gasteiger partial charge in [-0.05, 0) is 35.9 Å². The van der Waals surface area contributed by atoms with Gasteiger partial charge in [0.2, 0.25) is 5.95 Å². The zero-order valence-electron chi connectivity index (χ0n) is 10.6. The Morgan fingerprint density at radius 3 is 2.85 bits per heavy atom. The Morgan fingerprint density at radius 1 is 1.00 bits per heavy atom. The Kier molecular flexibility index (Phi) is 2.20. The minimum Gasteiger partial charge on any atom is -0.366 e. The van der Waals surface area contributed by atoms with Crippen LogP contribution in [0.1, 0.15) is 0 Å². The minimum atomic E-state index is 0.282. The molecule has 0 fully saturated rings. The summed E-state index contributed by atoms with van der Waals surface area (Å²) in [7, 11) is 0. The number of nitrogens with two attached hydrogens (primary N) is 1. The van der Waals surface area contributed by atoms with Crippen LogP contribution in [-0.4, -0.2) is 19.6 Å². The van der Waals surface area contributed by atoms with Gasteiger partial charge in [0, 0.05) is 23.3 Å². The number of rotatable bonds is 1. The summed E-state index contributed by atoms with van der Waals surface area (Å²) >= 11 is 0. The summed E-state index contributed by atoms with van der Waals surface area (Å²) in [5.41, 5.74) is 9.51. The molecule has 3 heterocycles. The average molecular weight is 261 g/mol. The van der Waals surface area contributed by atoms with Gasteiger partial charge >= 0.3 is 0 Å². The maximum absolute atomic E-state index is 5.60. The molecule has 20 heavy (non-hydrogen) atoms. The molecule has 0 spiro atoms. The second-order valence-corrected chi connectivity index (χ2v) is 4.60. The third kappa shape index (κ3) is 1.68. The van der Waals surface area contributed by atoms with Crippen LogP contribution in [0, 0.1) is 0 Å². The predicted octanol–water partition coefficient (Wildman–Crippen LogP) is 2.53. The molecule has 0 radical (unpaired) electrons. The molecule has 4 rings (SSSR count). The average Bonchev–Trinajstić information content (AvgIpc) is 2.85. The fraction of sp³-hybridized carbons (Fsp3) is 0. The van der Waals surface area contributed by atoms with E-state index in [4.69, 9.17) is 5.73 Å². The van der Waals surface area contributed by atoms with E-state index in [9.17, 15) is 0 Å². The first-order chi connectivity index (χ1) is 9.79. The van der Waals surface area contributed by atoms with Crippen molar-refractivity contribution in [2.45, 2.75) is 0 Å². The lowest BCUT2D eigenvalue weighted by atomic mass is 10.1.